The smallest absolute Gasteiger partial charge is 0.339 e. The third kappa shape index (κ3) is 3.87. The maximum atomic E-state index is 10.9. The maximum Gasteiger partial charge on any atom is 0.339 e. The molecule has 0 saturated heterocycles. The monoisotopic (exact) mass is 241 g/mol. The van der Waals surface area contributed by atoms with Gasteiger partial charge < -0.3 is 19.6 Å². The van der Waals surface area contributed by atoms with E-state index in [-0.39, 0.29) is 11.6 Å². The second kappa shape index (κ2) is 6.42. The molecule has 5 heteroatoms. The number of hydrogen-bond acceptors (Lipinski definition) is 4. The normalized spacial score (nSPS) is 12.9. The molecular formula is C12H19NO4. The van der Waals surface area contributed by atoms with Crippen LogP contribution in [-0.4, -0.2) is 30.8 Å². The van der Waals surface area contributed by atoms with Crippen LogP contribution in [0.15, 0.2) is 16.7 Å². The Morgan fingerprint density at radius 2 is 2.29 bits per heavy atom. The molecule has 17 heavy (non-hydrogen) atoms. The van der Waals surface area contributed by atoms with Crippen LogP contribution in [-0.2, 0) is 11.3 Å². The summed E-state index contributed by atoms with van der Waals surface area (Å²) in [6, 6.07) is 1.63. The van der Waals surface area contributed by atoms with Crippen LogP contribution in [0.2, 0.25) is 0 Å². The number of hydrogen-bond donors (Lipinski definition) is 2. The van der Waals surface area contributed by atoms with Gasteiger partial charge in [0, 0.05) is 13.2 Å². The highest BCUT2D eigenvalue weighted by molar-refractivity contribution is 5.88. The first-order chi connectivity index (χ1) is 8.06. The number of methoxy groups -OCH3 is 1. The molecular weight excluding hydrogens is 222 g/mol. The van der Waals surface area contributed by atoms with E-state index >= 15 is 0 Å². The number of carboxylic acid groups (broad SMARTS) is 1. The molecule has 0 spiro atoms. The molecule has 0 radical (unpaired) electrons. The third-order valence-corrected chi connectivity index (χ3v) is 2.65. The van der Waals surface area contributed by atoms with Gasteiger partial charge in [0.25, 0.3) is 0 Å². The fraction of sp³-hybridized carbons (Fsp3) is 0.583. The minimum absolute atomic E-state index is 0.173. The van der Waals surface area contributed by atoms with Gasteiger partial charge >= 0.3 is 5.97 Å². The SMILES string of the molecule is COCC(NCc1occc1C(=O)O)C(C)C. The Labute approximate surface area is 101 Å². The molecule has 0 aliphatic carbocycles. The molecule has 1 atom stereocenters. The molecule has 0 bridgehead atoms. The van der Waals surface area contributed by atoms with Gasteiger partial charge in [0.05, 0.1) is 19.4 Å². The van der Waals surface area contributed by atoms with Gasteiger partial charge in [-0.1, -0.05) is 13.8 Å². The van der Waals surface area contributed by atoms with Crippen molar-refractivity contribution in [2.24, 2.45) is 5.92 Å². The molecule has 1 rings (SSSR count). The predicted molar refractivity (Wildman–Crippen MR) is 63.0 cm³/mol. The number of ether oxygens (including phenoxy) is 1. The van der Waals surface area contributed by atoms with Gasteiger partial charge in [0.15, 0.2) is 0 Å². The summed E-state index contributed by atoms with van der Waals surface area (Å²) >= 11 is 0. The zero-order valence-corrected chi connectivity index (χ0v) is 10.4. The Morgan fingerprint density at radius 3 is 2.82 bits per heavy atom. The van der Waals surface area contributed by atoms with Crippen molar-refractivity contribution in [3.05, 3.63) is 23.7 Å². The highest BCUT2D eigenvalue weighted by atomic mass is 16.5. The van der Waals surface area contributed by atoms with Crippen LogP contribution < -0.4 is 5.32 Å². The number of carbonyl (C=O) groups is 1. The molecule has 0 aliphatic rings. The van der Waals surface area contributed by atoms with E-state index in [1.807, 2.05) is 0 Å². The molecule has 1 unspecified atom stereocenters. The van der Waals surface area contributed by atoms with Gasteiger partial charge in [0.1, 0.15) is 11.3 Å². The molecule has 0 fully saturated rings. The molecule has 5 nitrogen and oxygen atoms in total. The van der Waals surface area contributed by atoms with E-state index in [1.54, 1.807) is 7.11 Å². The fourth-order valence-electron chi connectivity index (χ4n) is 1.56. The Kier molecular flexibility index (Phi) is 5.18. The summed E-state index contributed by atoms with van der Waals surface area (Å²) in [7, 11) is 1.65. The highest BCUT2D eigenvalue weighted by Crippen LogP contribution is 2.11. The van der Waals surface area contributed by atoms with Gasteiger partial charge in [-0.05, 0) is 12.0 Å². The van der Waals surface area contributed by atoms with Crippen molar-refractivity contribution >= 4 is 5.97 Å². The van der Waals surface area contributed by atoms with Crippen LogP contribution in [0.4, 0.5) is 0 Å². The summed E-state index contributed by atoms with van der Waals surface area (Å²) in [5.74, 6) is -0.124. The van der Waals surface area contributed by atoms with Crippen molar-refractivity contribution in [1.82, 2.24) is 5.32 Å². The van der Waals surface area contributed by atoms with Crippen molar-refractivity contribution in [3.63, 3.8) is 0 Å². The Hall–Kier alpha value is -1.33. The average molecular weight is 241 g/mol. The molecule has 1 aromatic heterocycles. The van der Waals surface area contributed by atoms with Crippen LogP contribution in [0.5, 0.6) is 0 Å². The van der Waals surface area contributed by atoms with E-state index in [0.717, 1.165) is 0 Å². The Bertz CT molecular complexity index is 359. The van der Waals surface area contributed by atoms with Crippen LogP contribution >= 0.6 is 0 Å². The topological polar surface area (TPSA) is 71.7 Å². The van der Waals surface area contributed by atoms with Crippen molar-refractivity contribution in [2.75, 3.05) is 13.7 Å². The zero-order chi connectivity index (χ0) is 12.8. The van der Waals surface area contributed by atoms with E-state index in [9.17, 15) is 4.79 Å². The Balaban J connectivity index is 2.59. The van der Waals surface area contributed by atoms with Gasteiger partial charge in [0.2, 0.25) is 0 Å². The number of nitrogens with one attached hydrogen (secondary N) is 1. The third-order valence-electron chi connectivity index (χ3n) is 2.65. The van der Waals surface area contributed by atoms with Gasteiger partial charge in [-0.25, -0.2) is 4.79 Å². The molecule has 0 saturated carbocycles. The number of furan rings is 1. The molecule has 2 N–H and O–H groups in total. The summed E-state index contributed by atoms with van der Waals surface area (Å²) in [5.41, 5.74) is 0.206. The fourth-order valence-corrected chi connectivity index (χ4v) is 1.56. The largest absolute Gasteiger partial charge is 0.478 e. The molecule has 96 valence electrons. The van der Waals surface area contributed by atoms with Gasteiger partial charge in [-0.2, -0.15) is 0 Å². The van der Waals surface area contributed by atoms with E-state index in [4.69, 9.17) is 14.3 Å². The minimum Gasteiger partial charge on any atom is -0.478 e. The summed E-state index contributed by atoms with van der Waals surface area (Å²) in [5, 5.41) is 12.2. The number of aromatic carboxylic acids is 1. The summed E-state index contributed by atoms with van der Waals surface area (Å²) in [6.45, 7) is 5.13. The highest BCUT2D eigenvalue weighted by Gasteiger charge is 2.17. The molecule has 0 aromatic carbocycles. The maximum absolute atomic E-state index is 10.9. The second-order valence-electron chi connectivity index (χ2n) is 4.25. The average Bonchev–Trinajstić information content (AvgIpc) is 2.71. The summed E-state index contributed by atoms with van der Waals surface area (Å²) in [6.07, 6.45) is 1.39. The standard InChI is InChI=1S/C12H19NO4/c1-8(2)10(7-16-3)13-6-11-9(12(14)15)4-5-17-11/h4-5,8,10,13H,6-7H2,1-3H3,(H,14,15). The first kappa shape index (κ1) is 13.7. The first-order valence-electron chi connectivity index (χ1n) is 5.58. The lowest BCUT2D eigenvalue weighted by molar-refractivity contribution is 0.0694. The van der Waals surface area contributed by atoms with Crippen molar-refractivity contribution in [1.29, 1.82) is 0 Å². The van der Waals surface area contributed by atoms with Crippen LogP contribution in [0.3, 0.4) is 0 Å². The van der Waals surface area contributed by atoms with E-state index < -0.39 is 5.97 Å². The molecule has 1 heterocycles. The second-order valence-corrected chi connectivity index (χ2v) is 4.25. The van der Waals surface area contributed by atoms with Gasteiger partial charge in [-0.15, -0.1) is 0 Å². The van der Waals surface area contributed by atoms with Crippen LogP contribution in [0.25, 0.3) is 0 Å². The van der Waals surface area contributed by atoms with E-state index in [0.29, 0.717) is 24.8 Å². The summed E-state index contributed by atoms with van der Waals surface area (Å²) < 4.78 is 10.3. The zero-order valence-electron chi connectivity index (χ0n) is 10.4. The van der Waals surface area contributed by atoms with Crippen LogP contribution in [0, 0.1) is 5.92 Å². The van der Waals surface area contributed by atoms with Gasteiger partial charge in [-0.3, -0.25) is 0 Å². The van der Waals surface area contributed by atoms with Crippen LogP contribution in [0.1, 0.15) is 30.0 Å². The lowest BCUT2D eigenvalue weighted by Gasteiger charge is -2.21. The van der Waals surface area contributed by atoms with Crippen molar-refractivity contribution in [2.45, 2.75) is 26.4 Å². The summed E-state index contributed by atoms with van der Waals surface area (Å²) in [4.78, 5) is 10.9. The lowest BCUT2D eigenvalue weighted by Crippen LogP contribution is -2.37. The number of rotatable bonds is 7. The molecule has 1 aromatic rings. The quantitative estimate of drug-likeness (QED) is 0.760. The van der Waals surface area contributed by atoms with E-state index in [2.05, 4.69) is 19.2 Å². The predicted octanol–water partition coefficient (Wildman–Crippen LogP) is 1.74. The Morgan fingerprint density at radius 1 is 1.59 bits per heavy atom. The number of carboxylic acids is 1. The minimum atomic E-state index is -0.969. The lowest BCUT2D eigenvalue weighted by atomic mass is 10.1. The molecule has 0 aliphatic heterocycles. The van der Waals surface area contributed by atoms with Crippen molar-refractivity contribution < 1.29 is 19.1 Å². The first-order valence-corrected chi connectivity index (χ1v) is 5.58. The van der Waals surface area contributed by atoms with Crippen molar-refractivity contribution in [3.8, 4) is 0 Å². The van der Waals surface area contributed by atoms with E-state index in [1.165, 1.54) is 12.3 Å². The molecule has 0 amide bonds.